The summed E-state index contributed by atoms with van der Waals surface area (Å²) < 4.78 is 27.5. The van der Waals surface area contributed by atoms with Crippen molar-refractivity contribution in [1.29, 1.82) is 0 Å². The largest absolute Gasteiger partial charge is 0.494 e. The molecule has 0 amide bonds. The predicted octanol–water partition coefficient (Wildman–Crippen LogP) is 13.7. The lowest BCUT2D eigenvalue weighted by Crippen LogP contribution is -2.36. The Morgan fingerprint density at radius 2 is 1.00 bits per heavy atom. The lowest BCUT2D eigenvalue weighted by Gasteiger charge is -2.37. The van der Waals surface area contributed by atoms with Crippen LogP contribution in [-0.4, -0.2) is 51.2 Å². The predicted molar refractivity (Wildman–Crippen MR) is 283 cm³/mol. The number of rotatable bonds is 5. The highest BCUT2D eigenvalue weighted by molar-refractivity contribution is 5.51. The van der Waals surface area contributed by atoms with Crippen LogP contribution in [0.5, 0.6) is 0 Å². The summed E-state index contributed by atoms with van der Waals surface area (Å²) in [4.78, 5) is 8.08. The Balaban J connectivity index is 0.654. The Morgan fingerprint density at radius 3 is 1.52 bits per heavy atom. The topological polar surface area (TPSA) is 46.6 Å². The van der Waals surface area contributed by atoms with Crippen molar-refractivity contribution in [3.8, 4) is 0 Å². The molecule has 0 radical (unpaired) electrons. The summed E-state index contributed by atoms with van der Waals surface area (Å²) in [6, 6.07) is 0.935. The Kier molecular flexibility index (Phi) is 9.39. The van der Waals surface area contributed by atoms with E-state index in [1.807, 2.05) is 0 Å². The van der Waals surface area contributed by atoms with Gasteiger partial charge in [0.1, 0.15) is 47.5 Å². The Bertz CT molecular complexity index is 2920. The molecule has 17 aliphatic rings. The lowest BCUT2D eigenvalue weighted by molar-refractivity contribution is 0.121. The molecule has 73 heavy (non-hydrogen) atoms. The highest BCUT2D eigenvalue weighted by Crippen LogP contribution is 2.58. The van der Waals surface area contributed by atoms with Gasteiger partial charge in [-0.3, -0.25) is 0 Å². The van der Waals surface area contributed by atoms with Gasteiger partial charge in [-0.15, -0.1) is 0 Å². The highest BCUT2D eigenvalue weighted by atomic mass is 16.5. The molecule has 7 nitrogen and oxygen atoms in total. The Morgan fingerprint density at radius 1 is 0.466 bits per heavy atom. The maximum Gasteiger partial charge on any atom is 0.127 e. The van der Waals surface area contributed by atoms with E-state index in [0.29, 0.717) is 47.6 Å². The Labute approximate surface area is 431 Å². The minimum atomic E-state index is -0.00185. The van der Waals surface area contributed by atoms with Gasteiger partial charge in [-0.1, -0.05) is 60.8 Å². The van der Waals surface area contributed by atoms with E-state index >= 15 is 0 Å². The van der Waals surface area contributed by atoms with Gasteiger partial charge in [0.05, 0.1) is 12.1 Å². The van der Waals surface area contributed by atoms with Gasteiger partial charge in [-0.25, -0.2) is 0 Å². The normalized spacial score (nSPS) is 40.1. The zero-order valence-electron chi connectivity index (χ0n) is 42.0. The first-order valence-corrected chi connectivity index (χ1v) is 28.8. The van der Waals surface area contributed by atoms with Crippen LogP contribution in [0.4, 0.5) is 0 Å². The van der Waals surface area contributed by atoms with Crippen molar-refractivity contribution in [2.45, 2.75) is 139 Å². The molecule has 0 aromatic rings. The van der Waals surface area contributed by atoms with E-state index in [0.717, 1.165) is 74.4 Å². The van der Waals surface area contributed by atoms with Crippen molar-refractivity contribution >= 4 is 0 Å². The van der Waals surface area contributed by atoms with Crippen molar-refractivity contribution < 1.29 is 18.9 Å². The minimum Gasteiger partial charge on any atom is -0.494 e. The third-order valence-electron chi connectivity index (χ3n) is 20.5. The van der Waals surface area contributed by atoms with Crippen molar-refractivity contribution in [2.24, 2.45) is 47.3 Å². The minimum absolute atomic E-state index is 0.00185. The standard InChI is InChI=1S/C66H67N3O4/c1-2-12-38(13-3-1)67(39-22-26-59-47(30-39)51-34-53-49-32-41(24-28-61(49)72-65(53)36-63(51)70-59)68-55-18-8-4-14-43(55)44-15-5-9-19-56(44)68)40-23-27-60-48(31-40)52-35-54-50-33-42(25-29-62(50)73-66(54)37-64(52)71-60)69-57-20-10-6-16-45(57)46-17-7-11-21-58(46)69/h1-2,8-12,18-23,26-27,30-33,36-37,43,45,47-50,53-55,57,59-62H,3-7,13-17,24-25,28-29,34-35H2. The van der Waals surface area contributed by atoms with E-state index in [-0.39, 0.29) is 36.3 Å². The van der Waals surface area contributed by atoms with Gasteiger partial charge in [0.25, 0.3) is 0 Å². The lowest BCUT2D eigenvalue weighted by atomic mass is 9.74. The average molecular weight is 966 g/mol. The molecule has 6 aliphatic heterocycles. The molecule has 11 aliphatic carbocycles. The molecule has 2 fully saturated rings. The van der Waals surface area contributed by atoms with Gasteiger partial charge in [0.2, 0.25) is 0 Å². The fourth-order valence-corrected chi connectivity index (χ4v) is 17.3. The molecule has 0 spiro atoms. The summed E-state index contributed by atoms with van der Waals surface area (Å²) in [6.45, 7) is 0. The quantitative estimate of drug-likeness (QED) is 0.254. The van der Waals surface area contributed by atoms with E-state index in [2.05, 4.69) is 142 Å². The molecule has 2 saturated heterocycles. The zero-order chi connectivity index (χ0) is 47.5. The SMILES string of the molecule is C1=CCCC(N(C2=CC3C4=C(C=C5OC6CCC(N7C8=C(CCC=C8)C8CCC=CC87)=CC6C5C4)OC3C=C2)C2=CC3C4=C(C=C5OC6CCC(N7C8=C(CCC=C8)C8CCC=CC87)=CC6C5C4)OC3C=C2)=C1. The van der Waals surface area contributed by atoms with Crippen LogP contribution in [0, 0.1) is 47.3 Å². The molecule has 0 N–H and O–H groups in total. The molecule has 0 aromatic carbocycles. The maximum atomic E-state index is 6.89. The molecule has 6 heterocycles. The van der Waals surface area contributed by atoms with E-state index in [1.165, 1.54) is 102 Å². The van der Waals surface area contributed by atoms with Gasteiger partial charge in [-0.05, 0) is 180 Å². The fraction of sp³-hybridized carbons (Fsp3) is 0.455. The number of allylic oxidation sites excluding steroid dienone is 18. The van der Waals surface area contributed by atoms with E-state index in [1.54, 1.807) is 11.1 Å². The summed E-state index contributed by atoms with van der Waals surface area (Å²) in [5, 5.41) is 0. The highest BCUT2D eigenvalue weighted by Gasteiger charge is 2.53. The van der Waals surface area contributed by atoms with Crippen molar-refractivity contribution in [3.05, 3.63) is 213 Å². The molecule has 0 bridgehead atoms. The van der Waals surface area contributed by atoms with Crippen LogP contribution >= 0.6 is 0 Å². The van der Waals surface area contributed by atoms with Crippen LogP contribution in [0.2, 0.25) is 0 Å². The molecule has 14 unspecified atom stereocenters. The van der Waals surface area contributed by atoms with Gasteiger partial charge in [0, 0.05) is 99.4 Å². The summed E-state index contributed by atoms with van der Waals surface area (Å²) in [5.41, 5.74) is 16.2. The summed E-state index contributed by atoms with van der Waals surface area (Å²) >= 11 is 0. The Hall–Kier alpha value is -6.08. The molecule has 0 saturated carbocycles. The van der Waals surface area contributed by atoms with Crippen molar-refractivity contribution in [3.63, 3.8) is 0 Å². The first-order valence-electron chi connectivity index (χ1n) is 28.8. The van der Waals surface area contributed by atoms with Crippen LogP contribution in [-0.2, 0) is 18.9 Å². The maximum absolute atomic E-state index is 6.89. The van der Waals surface area contributed by atoms with Crippen molar-refractivity contribution in [1.82, 2.24) is 14.7 Å². The molecule has 14 atom stereocenters. The van der Waals surface area contributed by atoms with Crippen LogP contribution in [0.3, 0.4) is 0 Å². The third-order valence-corrected chi connectivity index (χ3v) is 20.5. The van der Waals surface area contributed by atoms with Crippen LogP contribution in [0.25, 0.3) is 0 Å². The molecule has 0 aromatic heterocycles. The first kappa shape index (κ1) is 42.3. The van der Waals surface area contributed by atoms with Crippen LogP contribution in [0.1, 0.15) is 103 Å². The second-order valence-corrected chi connectivity index (χ2v) is 24.1. The summed E-state index contributed by atoms with van der Waals surface area (Å²) in [7, 11) is 0. The molecular formula is C66H67N3O4. The van der Waals surface area contributed by atoms with E-state index in [4.69, 9.17) is 18.9 Å². The fourth-order valence-electron chi connectivity index (χ4n) is 17.3. The monoisotopic (exact) mass is 966 g/mol. The van der Waals surface area contributed by atoms with Gasteiger partial charge in [0.15, 0.2) is 0 Å². The number of hydrogen-bond acceptors (Lipinski definition) is 7. The van der Waals surface area contributed by atoms with Crippen molar-refractivity contribution in [2.75, 3.05) is 0 Å². The summed E-state index contributed by atoms with van der Waals surface area (Å²) in [6.07, 6.45) is 69.5. The summed E-state index contributed by atoms with van der Waals surface area (Å²) in [5.74, 6) is 7.50. The zero-order valence-corrected chi connectivity index (χ0v) is 42.0. The van der Waals surface area contributed by atoms with Gasteiger partial charge >= 0.3 is 0 Å². The molecule has 7 heteroatoms. The third kappa shape index (κ3) is 6.35. The van der Waals surface area contributed by atoms with E-state index in [9.17, 15) is 0 Å². The van der Waals surface area contributed by atoms with E-state index < -0.39 is 0 Å². The smallest absolute Gasteiger partial charge is 0.127 e. The second-order valence-electron chi connectivity index (χ2n) is 24.1. The van der Waals surface area contributed by atoms with Crippen LogP contribution < -0.4 is 0 Å². The second kappa shape index (κ2) is 16.2. The number of hydrogen-bond donors (Lipinski definition) is 0. The van der Waals surface area contributed by atoms with Gasteiger partial charge < -0.3 is 33.6 Å². The van der Waals surface area contributed by atoms with Gasteiger partial charge in [-0.2, -0.15) is 0 Å². The molecular weight excluding hydrogens is 899 g/mol. The van der Waals surface area contributed by atoms with Crippen LogP contribution in [0.15, 0.2) is 213 Å². The average Bonchev–Trinajstić information content (AvgIpc) is 4.29. The number of nitrogens with zero attached hydrogens (tertiary/aromatic N) is 3. The number of fused-ring (bicyclic) bond motifs is 14. The number of ether oxygens (including phenoxy) is 4. The first-order chi connectivity index (χ1) is 36.1. The molecule has 17 rings (SSSR count). The molecule has 370 valence electrons.